The molecule has 1 amide bonds. The van der Waals surface area contributed by atoms with Gasteiger partial charge in [-0.3, -0.25) is 9.78 Å². The van der Waals surface area contributed by atoms with Crippen LogP contribution in [0.15, 0.2) is 30.3 Å². The van der Waals surface area contributed by atoms with Gasteiger partial charge in [-0.05, 0) is 62.2 Å². The van der Waals surface area contributed by atoms with E-state index < -0.39 is 0 Å². The second-order valence-electron chi connectivity index (χ2n) is 5.45. The van der Waals surface area contributed by atoms with Crippen LogP contribution in [0.5, 0.6) is 0 Å². The van der Waals surface area contributed by atoms with Crippen molar-refractivity contribution in [1.82, 2.24) is 10.3 Å². The van der Waals surface area contributed by atoms with Crippen LogP contribution in [0, 0.1) is 13.8 Å². The fourth-order valence-electron chi connectivity index (χ4n) is 2.68. The van der Waals surface area contributed by atoms with Crippen molar-refractivity contribution in [2.45, 2.75) is 26.8 Å². The van der Waals surface area contributed by atoms with Crippen LogP contribution < -0.4 is 10.6 Å². The van der Waals surface area contributed by atoms with E-state index in [9.17, 15) is 4.79 Å². The smallest absolute Gasteiger partial charge is 0.257 e. The third-order valence-corrected chi connectivity index (χ3v) is 3.82. The minimum atomic E-state index is -0.108. The number of nitrogens with zero attached hydrogens (tertiary/aromatic N) is 1. The monoisotopic (exact) mass is 353 g/mol. The van der Waals surface area contributed by atoms with E-state index in [2.05, 4.69) is 27.8 Å². The average Bonchev–Trinajstić information content (AvgIpc) is 2.47. The highest BCUT2D eigenvalue weighted by atomic mass is 35.5. The zero-order chi connectivity index (χ0) is 14.8. The van der Waals surface area contributed by atoms with Crippen molar-refractivity contribution < 1.29 is 4.79 Å². The van der Waals surface area contributed by atoms with Crippen molar-refractivity contribution in [2.75, 3.05) is 11.9 Å². The largest absolute Gasteiger partial charge is 0.322 e. The molecule has 0 aliphatic carbocycles. The fraction of sp³-hybridized carbons (Fsp3) is 0.294. The molecule has 4 nitrogen and oxygen atoms in total. The number of amides is 1. The number of benzene rings is 1. The Bertz CT molecular complexity index is 704. The van der Waals surface area contributed by atoms with Crippen LogP contribution in [0.3, 0.4) is 0 Å². The number of hydrogen-bond acceptors (Lipinski definition) is 3. The van der Waals surface area contributed by atoms with Gasteiger partial charge in [0.1, 0.15) is 0 Å². The zero-order valence-electron chi connectivity index (χ0n) is 13.2. The van der Waals surface area contributed by atoms with Crippen LogP contribution in [0.2, 0.25) is 0 Å². The molecule has 1 aliphatic rings. The summed E-state index contributed by atoms with van der Waals surface area (Å²) >= 11 is 0. The molecule has 0 spiro atoms. The Morgan fingerprint density at radius 2 is 1.91 bits per heavy atom. The average molecular weight is 354 g/mol. The first kappa shape index (κ1) is 19.4. The summed E-state index contributed by atoms with van der Waals surface area (Å²) < 4.78 is 0. The maximum absolute atomic E-state index is 12.3. The van der Waals surface area contributed by atoms with Gasteiger partial charge in [0, 0.05) is 17.9 Å². The molecule has 124 valence electrons. The van der Waals surface area contributed by atoms with Crippen molar-refractivity contribution in [3.63, 3.8) is 0 Å². The van der Waals surface area contributed by atoms with Gasteiger partial charge in [0.2, 0.25) is 0 Å². The van der Waals surface area contributed by atoms with E-state index >= 15 is 0 Å². The summed E-state index contributed by atoms with van der Waals surface area (Å²) in [6.07, 6.45) is 1.05. The van der Waals surface area contributed by atoms with Gasteiger partial charge >= 0.3 is 0 Å². The van der Waals surface area contributed by atoms with Crippen LogP contribution in [0.4, 0.5) is 5.69 Å². The lowest BCUT2D eigenvalue weighted by atomic mass is 10.0. The van der Waals surface area contributed by atoms with Gasteiger partial charge in [-0.1, -0.05) is 6.07 Å². The van der Waals surface area contributed by atoms with Gasteiger partial charge in [-0.25, -0.2) is 0 Å². The third-order valence-electron chi connectivity index (χ3n) is 3.82. The van der Waals surface area contributed by atoms with Crippen molar-refractivity contribution >= 4 is 36.4 Å². The number of anilines is 1. The minimum Gasteiger partial charge on any atom is -0.322 e. The van der Waals surface area contributed by atoms with E-state index in [0.717, 1.165) is 36.6 Å². The topological polar surface area (TPSA) is 54.0 Å². The molecule has 0 unspecified atom stereocenters. The summed E-state index contributed by atoms with van der Waals surface area (Å²) in [6, 6.07) is 9.81. The Labute approximate surface area is 148 Å². The number of hydrogen-bond donors (Lipinski definition) is 2. The molecular formula is C17H21Cl2N3O. The van der Waals surface area contributed by atoms with Crippen LogP contribution in [0.25, 0.3) is 0 Å². The van der Waals surface area contributed by atoms with Crippen molar-refractivity contribution in [2.24, 2.45) is 0 Å². The fourth-order valence-corrected chi connectivity index (χ4v) is 2.68. The molecular weight excluding hydrogens is 333 g/mol. The number of fused-ring (bicyclic) bond motifs is 1. The first-order valence-corrected chi connectivity index (χ1v) is 7.21. The molecule has 0 radical (unpaired) electrons. The highest BCUT2D eigenvalue weighted by Crippen LogP contribution is 2.20. The molecule has 1 aliphatic heterocycles. The summed E-state index contributed by atoms with van der Waals surface area (Å²) in [6.45, 7) is 5.67. The van der Waals surface area contributed by atoms with Gasteiger partial charge in [-0.2, -0.15) is 0 Å². The maximum atomic E-state index is 12.3. The molecule has 2 aromatic rings. The van der Waals surface area contributed by atoms with Gasteiger partial charge in [-0.15, -0.1) is 24.8 Å². The number of aryl methyl sites for hydroxylation is 2. The number of nitrogens with one attached hydrogen (secondary N) is 2. The number of carbonyl (C=O) groups excluding carboxylic acids is 1. The van der Waals surface area contributed by atoms with E-state index in [4.69, 9.17) is 0 Å². The Morgan fingerprint density at radius 1 is 1.13 bits per heavy atom. The van der Waals surface area contributed by atoms with E-state index in [0.29, 0.717) is 5.56 Å². The summed E-state index contributed by atoms with van der Waals surface area (Å²) in [5, 5.41) is 6.31. The predicted octanol–water partition coefficient (Wildman–Crippen LogP) is 3.44. The van der Waals surface area contributed by atoms with E-state index in [1.807, 2.05) is 32.0 Å². The Morgan fingerprint density at radius 3 is 2.65 bits per heavy atom. The third kappa shape index (κ3) is 4.44. The molecule has 6 heteroatoms. The lowest BCUT2D eigenvalue weighted by molar-refractivity contribution is 0.102. The predicted molar refractivity (Wildman–Crippen MR) is 98.0 cm³/mol. The van der Waals surface area contributed by atoms with Crippen molar-refractivity contribution in [3.8, 4) is 0 Å². The number of carbonyl (C=O) groups is 1. The number of rotatable bonds is 2. The van der Waals surface area contributed by atoms with E-state index in [1.165, 1.54) is 11.1 Å². The Hall–Kier alpha value is -1.62. The highest BCUT2D eigenvalue weighted by molar-refractivity contribution is 6.05. The van der Waals surface area contributed by atoms with Crippen LogP contribution in [-0.2, 0) is 13.0 Å². The summed E-state index contributed by atoms with van der Waals surface area (Å²) in [5.41, 5.74) is 5.76. The molecule has 0 saturated carbocycles. The second kappa shape index (κ2) is 8.29. The molecule has 1 aromatic carbocycles. The van der Waals surface area contributed by atoms with E-state index in [1.54, 1.807) is 0 Å². The Kier molecular flexibility index (Phi) is 7.01. The van der Waals surface area contributed by atoms with Crippen LogP contribution in [0.1, 0.15) is 32.9 Å². The molecule has 0 saturated heterocycles. The van der Waals surface area contributed by atoms with Gasteiger partial charge in [0.15, 0.2) is 0 Å². The summed E-state index contributed by atoms with van der Waals surface area (Å²) in [5.74, 6) is -0.108. The Balaban J connectivity index is 0.00000132. The normalized spacial score (nSPS) is 12.4. The molecule has 2 heterocycles. The maximum Gasteiger partial charge on any atom is 0.257 e. The SMILES string of the molecule is Cc1ccc(C(=O)Nc2ccc3c(c2)CNCC3)c(C)n1.Cl.Cl. The zero-order valence-corrected chi connectivity index (χ0v) is 14.8. The highest BCUT2D eigenvalue weighted by Gasteiger charge is 2.13. The van der Waals surface area contributed by atoms with Gasteiger partial charge < -0.3 is 10.6 Å². The van der Waals surface area contributed by atoms with Gasteiger partial charge in [0.25, 0.3) is 5.91 Å². The second-order valence-corrected chi connectivity index (χ2v) is 5.45. The molecule has 0 fully saturated rings. The lowest BCUT2D eigenvalue weighted by Crippen LogP contribution is -2.24. The van der Waals surface area contributed by atoms with Crippen LogP contribution >= 0.6 is 24.8 Å². The quantitative estimate of drug-likeness (QED) is 0.869. The van der Waals surface area contributed by atoms with Crippen molar-refractivity contribution in [1.29, 1.82) is 0 Å². The minimum absolute atomic E-state index is 0. The lowest BCUT2D eigenvalue weighted by Gasteiger charge is -2.18. The molecule has 3 rings (SSSR count). The number of halogens is 2. The van der Waals surface area contributed by atoms with Crippen LogP contribution in [-0.4, -0.2) is 17.4 Å². The standard InChI is InChI=1S/C17H19N3O.2ClH/c1-11-3-6-16(12(2)19-11)17(21)20-15-5-4-13-7-8-18-10-14(13)9-15;;/h3-6,9,18H,7-8,10H2,1-2H3,(H,20,21);2*1H. The molecule has 2 N–H and O–H groups in total. The molecule has 1 aromatic heterocycles. The first-order valence-electron chi connectivity index (χ1n) is 7.21. The van der Waals surface area contributed by atoms with Crippen molar-refractivity contribution in [3.05, 3.63) is 58.4 Å². The molecule has 0 atom stereocenters. The van der Waals surface area contributed by atoms with E-state index in [-0.39, 0.29) is 30.7 Å². The number of aromatic nitrogens is 1. The number of pyridine rings is 1. The summed E-state index contributed by atoms with van der Waals surface area (Å²) in [7, 11) is 0. The first-order chi connectivity index (χ1) is 10.1. The summed E-state index contributed by atoms with van der Waals surface area (Å²) in [4.78, 5) is 16.7. The molecule has 23 heavy (non-hydrogen) atoms. The molecule has 0 bridgehead atoms. The van der Waals surface area contributed by atoms with Gasteiger partial charge in [0.05, 0.1) is 11.3 Å².